The maximum atomic E-state index is 11.5. The standard InChI is InChI=1S/C37H62O17/c1-17(10-12-49-33-31(47)28(44)25(41)20(13-38)52-33)5-7-19-18(2)6-8-23-36(19,3)11-9-24(40)37(23,4)16-51-35-32(48)29(45)27(43)22(54-35)15-50-34-30(46)26(42)21(14-39)53-34/h10,19-35,38-48H,2,5-9,11-16H2,1,3-4H3. The van der Waals surface area contributed by atoms with Crippen LogP contribution in [0.3, 0.4) is 0 Å². The Labute approximate surface area is 315 Å². The van der Waals surface area contributed by atoms with Crippen molar-refractivity contribution in [1.29, 1.82) is 0 Å². The van der Waals surface area contributed by atoms with Crippen LogP contribution in [0.2, 0.25) is 0 Å². The van der Waals surface area contributed by atoms with Crippen LogP contribution in [-0.2, 0) is 28.4 Å². The van der Waals surface area contributed by atoms with E-state index in [0.29, 0.717) is 12.8 Å². The van der Waals surface area contributed by atoms with Crippen molar-refractivity contribution in [3.8, 4) is 0 Å². The zero-order valence-corrected chi connectivity index (χ0v) is 31.2. The molecule has 5 aliphatic rings. The number of fused-ring (bicyclic) bond motifs is 1. The van der Waals surface area contributed by atoms with E-state index in [1.54, 1.807) is 0 Å². The molecule has 5 fully saturated rings. The molecule has 2 aliphatic carbocycles. The van der Waals surface area contributed by atoms with Gasteiger partial charge in [-0.25, -0.2) is 0 Å². The van der Waals surface area contributed by atoms with Crippen molar-refractivity contribution in [2.24, 2.45) is 22.7 Å². The van der Waals surface area contributed by atoms with Gasteiger partial charge in [-0.05, 0) is 62.7 Å². The molecule has 3 aliphatic heterocycles. The second-order valence-electron chi connectivity index (χ2n) is 16.4. The number of hydrogen-bond acceptors (Lipinski definition) is 17. The molecule has 0 amide bonds. The molecule has 17 heteroatoms. The van der Waals surface area contributed by atoms with Crippen molar-refractivity contribution in [2.75, 3.05) is 33.0 Å². The molecule has 19 atom stereocenters. The lowest BCUT2D eigenvalue weighted by Crippen LogP contribution is -2.61. The van der Waals surface area contributed by atoms with Crippen LogP contribution < -0.4 is 0 Å². The highest BCUT2D eigenvalue weighted by Crippen LogP contribution is 2.62. The fourth-order valence-corrected chi connectivity index (χ4v) is 9.33. The molecule has 2 saturated carbocycles. The van der Waals surface area contributed by atoms with E-state index in [-0.39, 0.29) is 30.5 Å². The van der Waals surface area contributed by atoms with Gasteiger partial charge in [0.1, 0.15) is 67.1 Å². The van der Waals surface area contributed by atoms with E-state index >= 15 is 0 Å². The van der Waals surface area contributed by atoms with Crippen LogP contribution in [0.25, 0.3) is 0 Å². The molecule has 11 N–H and O–H groups in total. The maximum absolute atomic E-state index is 11.5. The van der Waals surface area contributed by atoms with Gasteiger partial charge in [-0.2, -0.15) is 0 Å². The molecule has 0 aromatic heterocycles. The van der Waals surface area contributed by atoms with Gasteiger partial charge in [0, 0.05) is 5.41 Å². The molecule has 0 aromatic rings. The van der Waals surface area contributed by atoms with E-state index in [2.05, 4.69) is 13.5 Å². The summed E-state index contributed by atoms with van der Waals surface area (Å²) in [6, 6.07) is 0. The number of rotatable bonds is 14. The number of aliphatic hydroxyl groups excluding tert-OH is 11. The first-order chi connectivity index (χ1) is 25.5. The first kappa shape index (κ1) is 43.9. The monoisotopic (exact) mass is 778 g/mol. The molecule has 0 radical (unpaired) electrons. The number of aliphatic hydroxyl groups is 11. The van der Waals surface area contributed by atoms with Gasteiger partial charge >= 0.3 is 0 Å². The first-order valence-corrected chi connectivity index (χ1v) is 19.0. The fraction of sp³-hybridized carbons (Fsp3) is 0.892. The number of hydrogen-bond donors (Lipinski definition) is 11. The molecular formula is C37H62O17. The summed E-state index contributed by atoms with van der Waals surface area (Å²) in [4.78, 5) is 0. The highest BCUT2D eigenvalue weighted by Gasteiger charge is 2.58. The molecule has 17 nitrogen and oxygen atoms in total. The predicted molar refractivity (Wildman–Crippen MR) is 186 cm³/mol. The normalized spacial score (nSPS) is 48.9. The average molecular weight is 779 g/mol. The smallest absolute Gasteiger partial charge is 0.187 e. The number of allylic oxidation sites excluding steroid dienone is 2. The van der Waals surface area contributed by atoms with Crippen molar-refractivity contribution in [3.05, 3.63) is 23.8 Å². The molecule has 54 heavy (non-hydrogen) atoms. The van der Waals surface area contributed by atoms with Crippen LogP contribution in [0.4, 0.5) is 0 Å². The second kappa shape index (κ2) is 18.2. The van der Waals surface area contributed by atoms with E-state index in [1.807, 2.05) is 19.9 Å². The minimum absolute atomic E-state index is 0.0228. The van der Waals surface area contributed by atoms with Crippen molar-refractivity contribution in [2.45, 2.75) is 151 Å². The zero-order chi connectivity index (χ0) is 39.7. The van der Waals surface area contributed by atoms with Crippen LogP contribution >= 0.6 is 0 Å². The topological polar surface area (TPSA) is 278 Å². The zero-order valence-electron chi connectivity index (χ0n) is 31.2. The largest absolute Gasteiger partial charge is 0.394 e. The number of ether oxygens (including phenoxy) is 6. The molecule has 0 spiro atoms. The lowest BCUT2D eigenvalue weighted by Gasteiger charge is -2.60. The van der Waals surface area contributed by atoms with E-state index in [4.69, 9.17) is 28.4 Å². The first-order valence-electron chi connectivity index (χ1n) is 19.0. The van der Waals surface area contributed by atoms with E-state index in [0.717, 1.165) is 36.8 Å². The van der Waals surface area contributed by atoms with Gasteiger partial charge in [0.15, 0.2) is 18.9 Å². The summed E-state index contributed by atoms with van der Waals surface area (Å²) in [5.41, 5.74) is 1.08. The van der Waals surface area contributed by atoms with Gasteiger partial charge < -0.3 is 84.6 Å². The van der Waals surface area contributed by atoms with Crippen LogP contribution in [0.1, 0.15) is 59.3 Å². The van der Waals surface area contributed by atoms with Crippen molar-refractivity contribution >= 4 is 0 Å². The van der Waals surface area contributed by atoms with Gasteiger partial charge in [0.25, 0.3) is 0 Å². The molecule has 3 saturated heterocycles. The molecule has 0 bridgehead atoms. The molecule has 0 aromatic carbocycles. The molecule has 19 unspecified atom stereocenters. The Hall–Kier alpha value is -1.20. The Kier molecular flexibility index (Phi) is 14.8. The highest BCUT2D eigenvalue weighted by molar-refractivity contribution is 5.18. The molecule has 312 valence electrons. The maximum Gasteiger partial charge on any atom is 0.187 e. The summed E-state index contributed by atoms with van der Waals surface area (Å²) in [5, 5.41) is 113. The SMILES string of the molecule is C=C1CCC2C(C)(COC3OC(COC4OC(CO)C(O)C4O)C(O)C(O)C3O)C(O)CCC2(C)C1CCC(C)=CCOC1OC(CO)C(O)C(O)C1O. The third kappa shape index (κ3) is 8.78. The van der Waals surface area contributed by atoms with Gasteiger partial charge in [0.05, 0.1) is 39.1 Å². The molecular weight excluding hydrogens is 716 g/mol. The second-order valence-corrected chi connectivity index (χ2v) is 16.4. The minimum Gasteiger partial charge on any atom is -0.394 e. The molecule has 5 rings (SSSR count). The van der Waals surface area contributed by atoms with Crippen LogP contribution in [0.15, 0.2) is 23.8 Å². The average Bonchev–Trinajstić information content (AvgIpc) is 3.42. The van der Waals surface area contributed by atoms with Gasteiger partial charge in [-0.1, -0.05) is 37.6 Å². The quantitative estimate of drug-likeness (QED) is 0.0818. The lowest BCUT2D eigenvalue weighted by molar-refractivity contribution is -0.320. The summed E-state index contributed by atoms with van der Waals surface area (Å²) < 4.78 is 33.9. The van der Waals surface area contributed by atoms with E-state index < -0.39 is 117 Å². The lowest BCUT2D eigenvalue weighted by atomic mass is 9.46. The Balaban J connectivity index is 1.19. The summed E-state index contributed by atoms with van der Waals surface area (Å²) in [6.07, 6.45) is -14.2. The van der Waals surface area contributed by atoms with Crippen molar-refractivity contribution in [1.82, 2.24) is 0 Å². The minimum atomic E-state index is -1.67. The third-order valence-corrected chi connectivity index (χ3v) is 12.9. The molecule has 3 heterocycles. The summed E-state index contributed by atoms with van der Waals surface area (Å²) >= 11 is 0. The van der Waals surface area contributed by atoms with E-state index in [1.165, 1.54) is 0 Å². The third-order valence-electron chi connectivity index (χ3n) is 12.9. The van der Waals surface area contributed by atoms with E-state index in [9.17, 15) is 56.2 Å². The van der Waals surface area contributed by atoms with Crippen molar-refractivity contribution < 1.29 is 84.6 Å². The summed E-state index contributed by atoms with van der Waals surface area (Å²) in [6.45, 7) is 9.10. The predicted octanol–water partition coefficient (Wildman–Crippen LogP) is -2.44. The van der Waals surface area contributed by atoms with Gasteiger partial charge in [-0.3, -0.25) is 0 Å². The van der Waals surface area contributed by atoms with Crippen molar-refractivity contribution in [3.63, 3.8) is 0 Å². The van der Waals surface area contributed by atoms with Gasteiger partial charge in [0.2, 0.25) is 0 Å². The summed E-state index contributed by atoms with van der Waals surface area (Å²) in [5.74, 6) is 0.0789. The Morgan fingerprint density at radius 3 is 1.85 bits per heavy atom. The summed E-state index contributed by atoms with van der Waals surface area (Å²) in [7, 11) is 0. The fourth-order valence-electron chi connectivity index (χ4n) is 9.33. The van der Waals surface area contributed by atoms with Crippen LogP contribution in [0.5, 0.6) is 0 Å². The van der Waals surface area contributed by atoms with Gasteiger partial charge in [-0.15, -0.1) is 0 Å². The Morgan fingerprint density at radius 2 is 1.24 bits per heavy atom. The van der Waals surface area contributed by atoms with Crippen LogP contribution in [0, 0.1) is 22.7 Å². The Bertz CT molecular complexity index is 1270. The highest BCUT2D eigenvalue weighted by atomic mass is 16.7. The van der Waals surface area contributed by atoms with Crippen LogP contribution in [-0.4, -0.2) is 181 Å². The Morgan fingerprint density at radius 1 is 0.722 bits per heavy atom.